The van der Waals surface area contributed by atoms with Gasteiger partial charge in [0.05, 0.1) is 38.5 Å². The molecule has 0 fully saturated rings. The van der Waals surface area contributed by atoms with E-state index in [2.05, 4.69) is 4.98 Å². The molecule has 1 heterocycles. The summed E-state index contributed by atoms with van der Waals surface area (Å²) in [4.78, 5) is 15.9. The van der Waals surface area contributed by atoms with Gasteiger partial charge >= 0.3 is 5.97 Å². The maximum Gasteiger partial charge on any atom is 0.340 e. The number of aromatic nitrogens is 1. The Morgan fingerprint density at radius 2 is 1.80 bits per heavy atom. The van der Waals surface area contributed by atoms with Crippen LogP contribution in [0.1, 0.15) is 10.4 Å². The van der Waals surface area contributed by atoms with Crippen molar-refractivity contribution in [1.29, 1.82) is 0 Å². The van der Waals surface area contributed by atoms with Crippen LogP contribution in [0.3, 0.4) is 0 Å². The maximum atomic E-state index is 11.8. The van der Waals surface area contributed by atoms with Crippen molar-refractivity contribution in [3.05, 3.63) is 50.0 Å². The molecule has 0 bridgehead atoms. The van der Waals surface area contributed by atoms with Gasteiger partial charge < -0.3 is 4.74 Å². The summed E-state index contributed by atoms with van der Waals surface area (Å²) in [6.45, 7) is 0. The van der Waals surface area contributed by atoms with E-state index >= 15 is 0 Å². The minimum absolute atomic E-state index is 0.158. The Morgan fingerprint density at radius 1 is 1.15 bits per heavy atom. The van der Waals surface area contributed by atoms with E-state index < -0.39 is 5.97 Å². The summed E-state index contributed by atoms with van der Waals surface area (Å²) in [6, 6.07) is 4.56. The highest BCUT2D eigenvalue weighted by Crippen LogP contribution is 2.40. The number of nitrogens with zero attached hydrogens (tertiary/aromatic N) is 1. The van der Waals surface area contributed by atoms with Gasteiger partial charge in [-0.1, -0.05) is 46.4 Å². The van der Waals surface area contributed by atoms with Gasteiger partial charge in [0.2, 0.25) is 0 Å². The molecule has 0 saturated heterocycles. The number of carbonyl (C=O) groups is 1. The third-order valence-corrected chi connectivity index (χ3v) is 3.87. The standard InChI is InChI=1S/C13H7Cl4NO2/c1-20-13(19)7-4-6(14)5-18-12(7)10-8(15)2-3-9(16)11(10)17/h2-5H,1H3. The fourth-order valence-corrected chi connectivity index (χ4v) is 2.51. The normalized spacial score (nSPS) is 10.4. The number of methoxy groups -OCH3 is 1. The van der Waals surface area contributed by atoms with E-state index in [4.69, 9.17) is 51.1 Å². The monoisotopic (exact) mass is 349 g/mol. The van der Waals surface area contributed by atoms with E-state index in [1.54, 1.807) is 12.1 Å². The third kappa shape index (κ3) is 2.86. The zero-order valence-electron chi connectivity index (χ0n) is 10.1. The average molecular weight is 351 g/mol. The first-order chi connectivity index (χ1) is 9.45. The molecule has 0 unspecified atom stereocenters. The second-order valence-corrected chi connectivity index (χ2v) is 5.39. The van der Waals surface area contributed by atoms with E-state index in [0.717, 1.165) is 0 Å². The first-order valence-corrected chi connectivity index (χ1v) is 6.84. The van der Waals surface area contributed by atoms with Crippen LogP contribution in [0.15, 0.2) is 24.4 Å². The molecule has 2 rings (SSSR count). The lowest BCUT2D eigenvalue weighted by molar-refractivity contribution is 0.0601. The maximum absolute atomic E-state index is 11.8. The molecule has 0 spiro atoms. The molecule has 0 saturated carbocycles. The number of esters is 1. The van der Waals surface area contributed by atoms with Crippen molar-refractivity contribution in [1.82, 2.24) is 4.98 Å². The lowest BCUT2D eigenvalue weighted by Crippen LogP contribution is -2.05. The first kappa shape index (κ1) is 15.4. The number of hydrogen-bond acceptors (Lipinski definition) is 3. The van der Waals surface area contributed by atoms with Crippen molar-refractivity contribution < 1.29 is 9.53 Å². The number of halogens is 4. The molecule has 2 aromatic rings. The van der Waals surface area contributed by atoms with E-state index in [1.807, 2.05) is 0 Å². The van der Waals surface area contributed by atoms with Crippen LogP contribution < -0.4 is 0 Å². The minimum atomic E-state index is -0.595. The largest absolute Gasteiger partial charge is 0.465 e. The zero-order chi connectivity index (χ0) is 14.9. The molecule has 0 radical (unpaired) electrons. The number of carbonyl (C=O) groups excluding carboxylic acids is 1. The van der Waals surface area contributed by atoms with Gasteiger partial charge in [0.25, 0.3) is 0 Å². The van der Waals surface area contributed by atoms with Crippen LogP contribution in [-0.2, 0) is 4.74 Å². The van der Waals surface area contributed by atoms with Crippen molar-refractivity contribution >= 4 is 52.4 Å². The van der Waals surface area contributed by atoms with Crippen molar-refractivity contribution in [2.24, 2.45) is 0 Å². The van der Waals surface area contributed by atoms with Crippen molar-refractivity contribution in [2.45, 2.75) is 0 Å². The Labute approximate surface area is 135 Å². The zero-order valence-corrected chi connectivity index (χ0v) is 13.1. The number of ether oxygens (including phenoxy) is 1. The molecule has 7 heteroatoms. The summed E-state index contributed by atoms with van der Waals surface area (Å²) in [5.41, 5.74) is 0.780. The molecule has 0 aliphatic carbocycles. The quantitative estimate of drug-likeness (QED) is 0.555. The average Bonchev–Trinajstić information content (AvgIpc) is 2.44. The fraction of sp³-hybridized carbons (Fsp3) is 0.0769. The van der Waals surface area contributed by atoms with E-state index in [1.165, 1.54) is 19.4 Å². The SMILES string of the molecule is COC(=O)c1cc(Cl)cnc1-c1c(Cl)ccc(Cl)c1Cl. The molecule has 0 aliphatic heterocycles. The molecule has 20 heavy (non-hydrogen) atoms. The highest BCUT2D eigenvalue weighted by molar-refractivity contribution is 6.46. The van der Waals surface area contributed by atoms with Gasteiger partial charge in [-0.15, -0.1) is 0 Å². The molecular weight excluding hydrogens is 344 g/mol. The van der Waals surface area contributed by atoms with Gasteiger partial charge in [-0.25, -0.2) is 4.79 Å². The number of benzene rings is 1. The van der Waals surface area contributed by atoms with Crippen LogP contribution in [0.5, 0.6) is 0 Å². The molecule has 0 N–H and O–H groups in total. The summed E-state index contributed by atoms with van der Waals surface area (Å²) in [6.07, 6.45) is 1.39. The van der Waals surface area contributed by atoms with Crippen LogP contribution in [0.25, 0.3) is 11.3 Å². The van der Waals surface area contributed by atoms with Crippen molar-refractivity contribution in [3.63, 3.8) is 0 Å². The lowest BCUT2D eigenvalue weighted by atomic mass is 10.1. The molecule has 0 amide bonds. The second-order valence-electron chi connectivity index (χ2n) is 3.76. The minimum Gasteiger partial charge on any atom is -0.465 e. The molecule has 104 valence electrons. The summed E-state index contributed by atoms with van der Waals surface area (Å²) in [5.74, 6) is -0.595. The van der Waals surface area contributed by atoms with Crippen LogP contribution in [0.4, 0.5) is 0 Å². The summed E-state index contributed by atoms with van der Waals surface area (Å²) >= 11 is 24.1. The van der Waals surface area contributed by atoms with Crippen LogP contribution >= 0.6 is 46.4 Å². The van der Waals surface area contributed by atoms with E-state index in [-0.39, 0.29) is 16.3 Å². The number of hydrogen-bond donors (Lipinski definition) is 0. The molecule has 0 aliphatic rings. The Bertz CT molecular complexity index is 688. The number of rotatable bonds is 2. The Morgan fingerprint density at radius 3 is 2.45 bits per heavy atom. The Hall–Kier alpha value is -1.000. The van der Waals surface area contributed by atoms with Gasteiger partial charge in [-0.2, -0.15) is 0 Å². The summed E-state index contributed by atoms with van der Waals surface area (Å²) in [7, 11) is 1.26. The highest BCUT2D eigenvalue weighted by Gasteiger charge is 2.21. The number of pyridine rings is 1. The van der Waals surface area contributed by atoms with Crippen molar-refractivity contribution in [2.75, 3.05) is 7.11 Å². The fourth-order valence-electron chi connectivity index (χ4n) is 1.65. The smallest absolute Gasteiger partial charge is 0.340 e. The molecule has 3 nitrogen and oxygen atoms in total. The summed E-state index contributed by atoms with van der Waals surface area (Å²) in [5, 5.41) is 1.13. The van der Waals surface area contributed by atoms with Crippen molar-refractivity contribution in [3.8, 4) is 11.3 Å². The van der Waals surface area contributed by atoms with Gasteiger partial charge in [0.15, 0.2) is 0 Å². The molecule has 0 atom stereocenters. The lowest BCUT2D eigenvalue weighted by Gasteiger charge is -2.11. The Balaban J connectivity index is 2.77. The van der Waals surface area contributed by atoms with E-state index in [9.17, 15) is 4.79 Å². The predicted octanol–water partition coefficient (Wildman–Crippen LogP) is 5.15. The third-order valence-electron chi connectivity index (χ3n) is 2.54. The molecule has 1 aromatic carbocycles. The highest BCUT2D eigenvalue weighted by atomic mass is 35.5. The van der Waals surface area contributed by atoms with Gasteiger partial charge in [0, 0.05) is 11.8 Å². The Kier molecular flexibility index (Phi) is 4.76. The first-order valence-electron chi connectivity index (χ1n) is 5.33. The molecular formula is C13H7Cl4NO2. The van der Waals surface area contributed by atoms with Crippen LogP contribution in [0, 0.1) is 0 Å². The van der Waals surface area contributed by atoms with Gasteiger partial charge in [-0.3, -0.25) is 4.98 Å². The summed E-state index contributed by atoms with van der Waals surface area (Å²) < 4.78 is 4.71. The van der Waals surface area contributed by atoms with E-state index in [0.29, 0.717) is 20.6 Å². The molecule has 1 aromatic heterocycles. The van der Waals surface area contributed by atoms with Crippen LogP contribution in [0.2, 0.25) is 20.1 Å². The van der Waals surface area contributed by atoms with Crippen LogP contribution in [-0.4, -0.2) is 18.1 Å². The predicted molar refractivity (Wildman–Crippen MR) is 81.1 cm³/mol. The van der Waals surface area contributed by atoms with Gasteiger partial charge in [-0.05, 0) is 18.2 Å². The van der Waals surface area contributed by atoms with Gasteiger partial charge in [0.1, 0.15) is 0 Å². The topological polar surface area (TPSA) is 39.2 Å². The second kappa shape index (κ2) is 6.19.